The quantitative estimate of drug-likeness (QED) is 0.922. The van der Waals surface area contributed by atoms with E-state index in [0.29, 0.717) is 24.9 Å². The van der Waals surface area contributed by atoms with Crippen molar-refractivity contribution in [3.05, 3.63) is 24.3 Å². The minimum absolute atomic E-state index is 0.203. The third-order valence-corrected chi connectivity index (χ3v) is 4.34. The molecule has 3 rings (SSSR count). The minimum Gasteiger partial charge on any atom is -0.497 e. The second-order valence-corrected chi connectivity index (χ2v) is 5.59. The smallest absolute Gasteiger partial charge is 0.407 e. The van der Waals surface area contributed by atoms with Crippen LogP contribution in [0.25, 0.3) is 0 Å². The van der Waals surface area contributed by atoms with E-state index < -0.39 is 6.09 Å². The molecule has 1 saturated heterocycles. The van der Waals surface area contributed by atoms with Crippen LogP contribution in [0.2, 0.25) is 0 Å². The van der Waals surface area contributed by atoms with Crippen molar-refractivity contribution in [2.45, 2.75) is 18.9 Å². The summed E-state index contributed by atoms with van der Waals surface area (Å²) < 4.78 is 11.1. The number of hydrogen-bond acceptors (Lipinski definition) is 3. The summed E-state index contributed by atoms with van der Waals surface area (Å²) in [6, 6.07) is 7.60. The number of carboxylic acid groups (broad SMARTS) is 1. The zero-order chi connectivity index (χ0) is 14.1. The molecule has 1 amide bonds. The molecule has 5 heteroatoms. The van der Waals surface area contributed by atoms with Crippen molar-refractivity contribution in [3.8, 4) is 11.5 Å². The Morgan fingerprint density at radius 2 is 1.70 bits per heavy atom. The van der Waals surface area contributed by atoms with E-state index in [9.17, 15) is 4.79 Å². The summed E-state index contributed by atoms with van der Waals surface area (Å²) in [5.74, 6) is 2.58. The van der Waals surface area contributed by atoms with Gasteiger partial charge in [0.15, 0.2) is 0 Å². The minimum atomic E-state index is -0.799. The summed E-state index contributed by atoms with van der Waals surface area (Å²) in [7, 11) is 1.64. The van der Waals surface area contributed by atoms with E-state index >= 15 is 0 Å². The number of benzene rings is 1. The summed E-state index contributed by atoms with van der Waals surface area (Å²) in [6.45, 7) is 1.31. The molecular formula is C15H19NO4. The lowest BCUT2D eigenvalue weighted by molar-refractivity contribution is 0.144. The fraction of sp³-hybridized carbons (Fsp3) is 0.533. The van der Waals surface area contributed by atoms with Gasteiger partial charge in [0.05, 0.1) is 13.2 Å². The first kappa shape index (κ1) is 13.1. The van der Waals surface area contributed by atoms with Gasteiger partial charge in [0.1, 0.15) is 11.5 Å². The highest BCUT2D eigenvalue weighted by atomic mass is 16.5. The molecule has 1 N–H and O–H groups in total. The van der Waals surface area contributed by atoms with Gasteiger partial charge in [-0.2, -0.15) is 0 Å². The van der Waals surface area contributed by atoms with Gasteiger partial charge in [-0.15, -0.1) is 0 Å². The van der Waals surface area contributed by atoms with Gasteiger partial charge in [-0.3, -0.25) is 0 Å². The molecule has 2 aliphatic rings. The lowest BCUT2D eigenvalue weighted by Gasteiger charge is -2.18. The monoisotopic (exact) mass is 277 g/mol. The van der Waals surface area contributed by atoms with Gasteiger partial charge in [0.25, 0.3) is 0 Å². The Morgan fingerprint density at radius 1 is 1.15 bits per heavy atom. The first-order valence-corrected chi connectivity index (χ1v) is 6.94. The van der Waals surface area contributed by atoms with Gasteiger partial charge in [-0.05, 0) is 48.9 Å². The van der Waals surface area contributed by atoms with Crippen LogP contribution < -0.4 is 9.47 Å². The van der Waals surface area contributed by atoms with Crippen molar-refractivity contribution in [1.82, 2.24) is 4.90 Å². The van der Waals surface area contributed by atoms with Crippen LogP contribution in [0, 0.1) is 11.8 Å². The van der Waals surface area contributed by atoms with Gasteiger partial charge >= 0.3 is 6.09 Å². The number of likely N-dealkylation sites (tertiary alicyclic amines) is 1. The fourth-order valence-electron chi connectivity index (χ4n) is 3.34. The van der Waals surface area contributed by atoms with E-state index in [4.69, 9.17) is 14.6 Å². The molecule has 1 aromatic rings. The zero-order valence-electron chi connectivity index (χ0n) is 11.5. The maximum Gasteiger partial charge on any atom is 0.407 e. The summed E-state index contributed by atoms with van der Waals surface area (Å²) in [4.78, 5) is 12.5. The average Bonchev–Trinajstić information content (AvgIpc) is 2.97. The normalized spacial score (nSPS) is 28.2. The van der Waals surface area contributed by atoms with E-state index in [0.717, 1.165) is 24.3 Å². The third kappa shape index (κ3) is 2.53. The SMILES string of the molecule is COc1ccc(OC2CC3CN(C(=O)O)CC3C2)cc1. The largest absolute Gasteiger partial charge is 0.497 e. The fourth-order valence-corrected chi connectivity index (χ4v) is 3.34. The number of rotatable bonds is 3. The molecule has 2 unspecified atom stereocenters. The highest BCUT2D eigenvalue weighted by molar-refractivity contribution is 5.65. The molecule has 1 aliphatic carbocycles. The number of methoxy groups -OCH3 is 1. The van der Waals surface area contributed by atoms with Gasteiger partial charge in [-0.1, -0.05) is 0 Å². The number of carbonyl (C=O) groups is 1. The Labute approximate surface area is 118 Å². The van der Waals surface area contributed by atoms with Crippen molar-refractivity contribution < 1.29 is 19.4 Å². The first-order chi connectivity index (χ1) is 9.65. The van der Waals surface area contributed by atoms with Crippen LogP contribution in [0.1, 0.15) is 12.8 Å². The maximum atomic E-state index is 10.9. The maximum absolute atomic E-state index is 10.9. The molecular weight excluding hydrogens is 258 g/mol. The second-order valence-electron chi connectivity index (χ2n) is 5.59. The van der Waals surface area contributed by atoms with Gasteiger partial charge in [0, 0.05) is 13.1 Å². The summed E-state index contributed by atoms with van der Waals surface area (Å²) >= 11 is 0. The van der Waals surface area contributed by atoms with Crippen molar-refractivity contribution in [3.63, 3.8) is 0 Å². The zero-order valence-corrected chi connectivity index (χ0v) is 11.5. The molecule has 5 nitrogen and oxygen atoms in total. The summed E-state index contributed by atoms with van der Waals surface area (Å²) in [6.07, 6.45) is 1.29. The van der Waals surface area contributed by atoms with E-state index in [1.54, 1.807) is 7.11 Å². The van der Waals surface area contributed by atoms with Crippen LogP contribution in [-0.4, -0.2) is 42.4 Å². The Balaban J connectivity index is 1.55. The molecule has 1 aromatic carbocycles. The second kappa shape index (κ2) is 5.23. The highest BCUT2D eigenvalue weighted by Gasteiger charge is 2.43. The Bertz CT molecular complexity index is 473. The number of hydrogen-bond donors (Lipinski definition) is 1. The molecule has 2 atom stereocenters. The van der Waals surface area contributed by atoms with Crippen molar-refractivity contribution >= 4 is 6.09 Å². The average molecular weight is 277 g/mol. The number of ether oxygens (including phenoxy) is 2. The molecule has 0 aromatic heterocycles. The van der Waals surface area contributed by atoms with Crippen LogP contribution >= 0.6 is 0 Å². The number of amides is 1. The predicted molar refractivity (Wildman–Crippen MR) is 73.2 cm³/mol. The van der Waals surface area contributed by atoms with Crippen molar-refractivity contribution in [2.24, 2.45) is 11.8 Å². The molecule has 108 valence electrons. The van der Waals surface area contributed by atoms with Crippen LogP contribution in [-0.2, 0) is 0 Å². The molecule has 20 heavy (non-hydrogen) atoms. The Morgan fingerprint density at radius 3 is 2.20 bits per heavy atom. The van der Waals surface area contributed by atoms with Crippen molar-refractivity contribution in [2.75, 3.05) is 20.2 Å². The van der Waals surface area contributed by atoms with E-state index in [1.165, 1.54) is 4.90 Å². The molecule has 0 spiro atoms. The molecule has 0 radical (unpaired) electrons. The van der Waals surface area contributed by atoms with Crippen LogP contribution in [0.15, 0.2) is 24.3 Å². The number of fused-ring (bicyclic) bond motifs is 1. The Hall–Kier alpha value is -1.91. The van der Waals surface area contributed by atoms with Gasteiger partial charge < -0.3 is 19.5 Å². The molecule has 1 saturated carbocycles. The lowest BCUT2D eigenvalue weighted by atomic mass is 10.0. The predicted octanol–water partition coefficient (Wildman–Crippen LogP) is 2.46. The molecule has 0 bridgehead atoms. The summed E-state index contributed by atoms with van der Waals surface area (Å²) in [5, 5.41) is 9.00. The number of nitrogens with zero attached hydrogens (tertiary/aromatic N) is 1. The van der Waals surface area contributed by atoms with Crippen LogP contribution in [0.5, 0.6) is 11.5 Å². The standard InChI is InChI=1S/C15H19NO4/c1-19-12-2-4-13(5-3-12)20-14-6-10-8-16(15(17)18)9-11(10)7-14/h2-5,10-11,14H,6-9H2,1H3,(H,17,18). The molecule has 2 fully saturated rings. The van der Waals surface area contributed by atoms with Crippen LogP contribution in [0.4, 0.5) is 4.79 Å². The molecule has 1 heterocycles. The van der Waals surface area contributed by atoms with E-state index in [2.05, 4.69) is 0 Å². The summed E-state index contributed by atoms with van der Waals surface area (Å²) in [5.41, 5.74) is 0. The third-order valence-electron chi connectivity index (χ3n) is 4.34. The lowest BCUT2D eigenvalue weighted by Crippen LogP contribution is -2.29. The Kier molecular flexibility index (Phi) is 3.42. The van der Waals surface area contributed by atoms with E-state index in [-0.39, 0.29) is 6.10 Å². The van der Waals surface area contributed by atoms with Crippen LogP contribution in [0.3, 0.4) is 0 Å². The van der Waals surface area contributed by atoms with Gasteiger partial charge in [0.2, 0.25) is 0 Å². The highest BCUT2D eigenvalue weighted by Crippen LogP contribution is 2.39. The van der Waals surface area contributed by atoms with Gasteiger partial charge in [-0.25, -0.2) is 4.79 Å². The topological polar surface area (TPSA) is 59.0 Å². The first-order valence-electron chi connectivity index (χ1n) is 6.94. The van der Waals surface area contributed by atoms with E-state index in [1.807, 2.05) is 24.3 Å². The van der Waals surface area contributed by atoms with Crippen molar-refractivity contribution in [1.29, 1.82) is 0 Å². The molecule has 1 aliphatic heterocycles.